The Labute approximate surface area is 158 Å². The van der Waals surface area contributed by atoms with E-state index in [-0.39, 0.29) is 11.9 Å². The van der Waals surface area contributed by atoms with E-state index in [0.29, 0.717) is 23.1 Å². The molecule has 0 bridgehead atoms. The summed E-state index contributed by atoms with van der Waals surface area (Å²) in [7, 11) is 0. The summed E-state index contributed by atoms with van der Waals surface area (Å²) in [6.07, 6.45) is 6.24. The average Bonchev–Trinajstić information content (AvgIpc) is 2.57. The van der Waals surface area contributed by atoms with Crippen molar-refractivity contribution in [1.29, 1.82) is 0 Å². The van der Waals surface area contributed by atoms with Crippen LogP contribution in [0.15, 0.2) is 28.2 Å². The fraction of sp³-hybridized carbons (Fsp3) is 0.500. The molecule has 0 saturated heterocycles. The van der Waals surface area contributed by atoms with Gasteiger partial charge in [-0.3, -0.25) is 9.69 Å². The van der Waals surface area contributed by atoms with Gasteiger partial charge in [0.15, 0.2) is 0 Å². The molecular formula is C18H25ClN6O. The standard InChI is InChI=1S/C18H25ClN6O/c1-2-6-15(26)22-14-8-7-12(11-13(14)19)25-17(21)23-16(20)24-18(25)9-4-3-5-10-18/h7-8,11H,2-6,9-10H2,1H3,(H,22,26)(H4,20,21,23,24). The number of benzene rings is 1. The molecule has 1 heterocycles. The fourth-order valence-corrected chi connectivity index (χ4v) is 3.90. The minimum absolute atomic E-state index is 0.0534. The van der Waals surface area contributed by atoms with E-state index in [0.717, 1.165) is 37.8 Å². The average molecular weight is 377 g/mol. The van der Waals surface area contributed by atoms with E-state index >= 15 is 0 Å². The SMILES string of the molecule is CCCC(=O)Nc1ccc(N2C(N)=NC(N)=NC23CCCCC3)cc1Cl. The molecule has 8 heteroatoms. The van der Waals surface area contributed by atoms with Crippen LogP contribution in [0.5, 0.6) is 0 Å². The molecule has 1 amide bonds. The van der Waals surface area contributed by atoms with Crippen molar-refractivity contribution in [2.24, 2.45) is 21.5 Å². The zero-order valence-electron chi connectivity index (χ0n) is 15.0. The minimum Gasteiger partial charge on any atom is -0.369 e. The Morgan fingerprint density at radius 2 is 2.04 bits per heavy atom. The molecule has 0 atom stereocenters. The van der Waals surface area contributed by atoms with Gasteiger partial charge in [0, 0.05) is 12.1 Å². The van der Waals surface area contributed by atoms with Crippen LogP contribution in [-0.4, -0.2) is 23.5 Å². The number of carbonyl (C=O) groups excluding carboxylic acids is 1. The van der Waals surface area contributed by atoms with Gasteiger partial charge in [-0.2, -0.15) is 4.99 Å². The van der Waals surface area contributed by atoms with Crippen molar-refractivity contribution in [2.45, 2.75) is 57.5 Å². The first kappa shape index (κ1) is 18.5. The molecule has 1 aliphatic carbocycles. The Kier molecular flexibility index (Phi) is 5.36. The normalized spacial score (nSPS) is 19.1. The number of amides is 1. The van der Waals surface area contributed by atoms with Crippen molar-refractivity contribution in [3.05, 3.63) is 23.2 Å². The van der Waals surface area contributed by atoms with E-state index in [4.69, 9.17) is 23.1 Å². The third kappa shape index (κ3) is 3.62. The Balaban J connectivity index is 1.92. The lowest BCUT2D eigenvalue weighted by Gasteiger charge is -2.45. The zero-order valence-corrected chi connectivity index (χ0v) is 15.7. The molecule has 140 valence electrons. The van der Waals surface area contributed by atoms with Crippen molar-refractivity contribution in [2.75, 3.05) is 10.2 Å². The number of nitrogens with two attached hydrogens (primary N) is 2. The quantitative estimate of drug-likeness (QED) is 0.749. The van der Waals surface area contributed by atoms with Crippen molar-refractivity contribution >= 4 is 40.8 Å². The number of hydrogen-bond acceptors (Lipinski definition) is 6. The Morgan fingerprint density at radius 1 is 1.31 bits per heavy atom. The molecule has 1 saturated carbocycles. The minimum atomic E-state index is -0.509. The first-order valence-corrected chi connectivity index (χ1v) is 9.42. The molecule has 0 unspecified atom stereocenters. The third-order valence-electron chi connectivity index (χ3n) is 4.81. The highest BCUT2D eigenvalue weighted by atomic mass is 35.5. The van der Waals surface area contributed by atoms with Crippen LogP contribution < -0.4 is 21.7 Å². The van der Waals surface area contributed by atoms with Gasteiger partial charge in [-0.1, -0.05) is 24.9 Å². The van der Waals surface area contributed by atoms with Gasteiger partial charge in [-0.05, 0) is 50.3 Å². The molecule has 1 spiro atoms. The van der Waals surface area contributed by atoms with Gasteiger partial charge in [-0.15, -0.1) is 0 Å². The van der Waals surface area contributed by atoms with Crippen LogP contribution in [-0.2, 0) is 4.79 Å². The summed E-state index contributed by atoms with van der Waals surface area (Å²) < 4.78 is 0. The van der Waals surface area contributed by atoms with Crippen molar-refractivity contribution in [3.8, 4) is 0 Å². The maximum Gasteiger partial charge on any atom is 0.224 e. The van der Waals surface area contributed by atoms with Crippen LogP contribution in [0.4, 0.5) is 11.4 Å². The van der Waals surface area contributed by atoms with Crippen LogP contribution in [0.1, 0.15) is 51.9 Å². The van der Waals surface area contributed by atoms with Gasteiger partial charge >= 0.3 is 0 Å². The Morgan fingerprint density at radius 3 is 2.69 bits per heavy atom. The maximum atomic E-state index is 11.8. The first-order chi connectivity index (χ1) is 12.4. The number of halogens is 1. The highest BCUT2D eigenvalue weighted by Crippen LogP contribution is 2.40. The van der Waals surface area contributed by atoms with E-state index in [9.17, 15) is 4.79 Å². The van der Waals surface area contributed by atoms with E-state index in [2.05, 4.69) is 15.3 Å². The highest BCUT2D eigenvalue weighted by molar-refractivity contribution is 6.34. The monoisotopic (exact) mass is 376 g/mol. The number of rotatable bonds is 4. The summed E-state index contributed by atoms with van der Waals surface area (Å²) in [5.41, 5.74) is 13.0. The second-order valence-electron chi connectivity index (χ2n) is 6.78. The summed E-state index contributed by atoms with van der Waals surface area (Å²) in [5.74, 6) is 0.482. The van der Waals surface area contributed by atoms with Crippen LogP contribution in [0.25, 0.3) is 0 Å². The smallest absolute Gasteiger partial charge is 0.224 e. The maximum absolute atomic E-state index is 11.8. The summed E-state index contributed by atoms with van der Waals surface area (Å²) >= 11 is 6.41. The molecule has 7 nitrogen and oxygen atoms in total. The number of nitrogens with zero attached hydrogens (tertiary/aromatic N) is 3. The van der Waals surface area contributed by atoms with Gasteiger partial charge in [0.1, 0.15) is 5.66 Å². The summed E-state index contributed by atoms with van der Waals surface area (Å²) in [6.45, 7) is 1.96. The molecule has 1 aliphatic heterocycles. The van der Waals surface area contributed by atoms with Crippen molar-refractivity contribution < 1.29 is 4.79 Å². The number of guanidine groups is 2. The number of aliphatic imine (C=N–C) groups is 2. The van der Waals surface area contributed by atoms with Crippen LogP contribution >= 0.6 is 11.6 Å². The topological polar surface area (TPSA) is 109 Å². The Hall–Kier alpha value is -2.28. The molecule has 0 aromatic heterocycles. The molecule has 2 aliphatic rings. The van der Waals surface area contributed by atoms with E-state index < -0.39 is 5.66 Å². The van der Waals surface area contributed by atoms with Gasteiger partial charge in [0.2, 0.25) is 17.8 Å². The predicted octanol–water partition coefficient (Wildman–Crippen LogP) is 3.19. The molecule has 1 aromatic rings. The third-order valence-corrected chi connectivity index (χ3v) is 5.13. The fourth-order valence-electron chi connectivity index (χ4n) is 3.68. The van der Waals surface area contributed by atoms with E-state index in [1.54, 1.807) is 12.1 Å². The summed E-state index contributed by atoms with van der Waals surface area (Å²) in [4.78, 5) is 22.5. The van der Waals surface area contributed by atoms with Gasteiger partial charge in [-0.25, -0.2) is 4.99 Å². The molecule has 1 fully saturated rings. The van der Waals surface area contributed by atoms with Crippen LogP contribution in [0.3, 0.4) is 0 Å². The lowest BCUT2D eigenvalue weighted by molar-refractivity contribution is -0.116. The second-order valence-corrected chi connectivity index (χ2v) is 7.19. The Bertz CT molecular complexity index is 754. The molecule has 5 N–H and O–H groups in total. The summed E-state index contributed by atoms with van der Waals surface area (Å²) in [5, 5.41) is 3.28. The van der Waals surface area contributed by atoms with Gasteiger partial charge in [0.05, 0.1) is 10.7 Å². The number of nitrogens with one attached hydrogen (secondary N) is 1. The van der Waals surface area contributed by atoms with Gasteiger partial charge in [0.25, 0.3) is 0 Å². The lowest BCUT2D eigenvalue weighted by atomic mass is 9.87. The number of hydrogen-bond donors (Lipinski definition) is 3. The van der Waals surface area contributed by atoms with Crippen LogP contribution in [0.2, 0.25) is 5.02 Å². The molecule has 0 radical (unpaired) electrons. The molecule has 1 aromatic carbocycles. The van der Waals surface area contributed by atoms with Crippen molar-refractivity contribution in [1.82, 2.24) is 0 Å². The summed E-state index contributed by atoms with van der Waals surface area (Å²) in [6, 6.07) is 5.46. The van der Waals surface area contributed by atoms with Crippen molar-refractivity contribution in [3.63, 3.8) is 0 Å². The predicted molar refractivity (Wildman–Crippen MR) is 107 cm³/mol. The molecular weight excluding hydrogens is 352 g/mol. The number of anilines is 2. The van der Waals surface area contributed by atoms with E-state index in [1.807, 2.05) is 17.9 Å². The molecule has 3 rings (SSSR count). The largest absolute Gasteiger partial charge is 0.369 e. The van der Waals surface area contributed by atoms with Crippen LogP contribution in [0, 0.1) is 0 Å². The highest BCUT2D eigenvalue weighted by Gasteiger charge is 2.42. The second kappa shape index (κ2) is 7.53. The van der Waals surface area contributed by atoms with Gasteiger partial charge < -0.3 is 16.8 Å². The first-order valence-electron chi connectivity index (χ1n) is 9.04. The lowest BCUT2D eigenvalue weighted by Crippen LogP contribution is -2.58. The molecule has 26 heavy (non-hydrogen) atoms. The number of carbonyl (C=O) groups is 1. The zero-order chi connectivity index (χ0) is 18.7. The van der Waals surface area contributed by atoms with E-state index in [1.165, 1.54) is 6.42 Å².